The summed E-state index contributed by atoms with van der Waals surface area (Å²) in [5, 5.41) is 7.74. The van der Waals surface area contributed by atoms with Crippen LogP contribution in [0.25, 0.3) is 0 Å². The Hall–Kier alpha value is -1.47. The topological polar surface area (TPSA) is 53.4 Å². The molecule has 0 saturated carbocycles. The van der Waals surface area contributed by atoms with Gasteiger partial charge < -0.3 is 10.2 Å². The number of aliphatic imine (C=N–C) groups is 1. The van der Waals surface area contributed by atoms with Crippen LogP contribution in [-0.2, 0) is 13.0 Å². The summed E-state index contributed by atoms with van der Waals surface area (Å²) in [7, 11) is 3.85. The lowest BCUT2D eigenvalue weighted by atomic mass is 10.3. The fourth-order valence-corrected chi connectivity index (χ4v) is 3.82. The summed E-state index contributed by atoms with van der Waals surface area (Å²) < 4.78 is 0. The van der Waals surface area contributed by atoms with Gasteiger partial charge in [0.05, 0.1) is 27.9 Å². The van der Waals surface area contributed by atoms with Crippen molar-refractivity contribution in [1.82, 2.24) is 20.2 Å². The second-order valence-electron chi connectivity index (χ2n) is 5.18. The monoisotopic (exact) mass is 337 g/mol. The van der Waals surface area contributed by atoms with Gasteiger partial charge in [-0.15, -0.1) is 22.7 Å². The van der Waals surface area contributed by atoms with Crippen molar-refractivity contribution in [1.29, 1.82) is 0 Å². The minimum absolute atomic E-state index is 0.767. The highest BCUT2D eigenvalue weighted by Crippen LogP contribution is 2.17. The highest BCUT2D eigenvalue weighted by Gasteiger charge is 2.09. The molecule has 7 heteroatoms. The molecule has 2 aromatic heterocycles. The van der Waals surface area contributed by atoms with Crippen LogP contribution in [-0.4, -0.2) is 41.5 Å². The van der Waals surface area contributed by atoms with Crippen molar-refractivity contribution >= 4 is 28.6 Å². The third kappa shape index (κ3) is 4.51. The smallest absolute Gasteiger partial charge is 0.193 e. The van der Waals surface area contributed by atoms with E-state index in [0.29, 0.717) is 0 Å². The van der Waals surface area contributed by atoms with Gasteiger partial charge in [-0.25, -0.2) is 9.97 Å². The van der Waals surface area contributed by atoms with Crippen molar-refractivity contribution in [2.75, 3.05) is 20.6 Å². The van der Waals surface area contributed by atoms with Gasteiger partial charge >= 0.3 is 0 Å². The summed E-state index contributed by atoms with van der Waals surface area (Å²) in [6, 6.07) is 0. The first-order valence-electron chi connectivity index (χ1n) is 7.25. The maximum Gasteiger partial charge on any atom is 0.193 e. The first kappa shape index (κ1) is 16.9. The second kappa shape index (κ2) is 7.69. The predicted octanol–water partition coefficient (Wildman–Crippen LogP) is 2.77. The number of hydrogen-bond donors (Lipinski definition) is 1. The summed E-state index contributed by atoms with van der Waals surface area (Å²) >= 11 is 3.46. The van der Waals surface area contributed by atoms with Gasteiger partial charge in [-0.05, 0) is 20.8 Å². The lowest BCUT2D eigenvalue weighted by Crippen LogP contribution is -2.39. The molecule has 0 unspecified atom stereocenters. The molecule has 0 atom stereocenters. The second-order valence-corrected chi connectivity index (χ2v) is 7.53. The third-order valence-corrected chi connectivity index (χ3v) is 5.23. The molecule has 0 aromatic carbocycles. The molecule has 2 heterocycles. The molecule has 2 aromatic rings. The van der Waals surface area contributed by atoms with E-state index in [-0.39, 0.29) is 0 Å². The molecule has 0 radical (unpaired) electrons. The Bertz CT molecular complexity index is 644. The van der Waals surface area contributed by atoms with E-state index in [2.05, 4.69) is 44.4 Å². The van der Waals surface area contributed by atoms with Crippen molar-refractivity contribution in [2.45, 2.75) is 33.7 Å². The van der Waals surface area contributed by atoms with E-state index >= 15 is 0 Å². The zero-order chi connectivity index (χ0) is 16.1. The summed E-state index contributed by atoms with van der Waals surface area (Å²) in [6.45, 7) is 7.78. The molecule has 1 N–H and O–H groups in total. The Labute approximate surface area is 140 Å². The average molecular weight is 338 g/mol. The van der Waals surface area contributed by atoms with Gasteiger partial charge in [-0.3, -0.25) is 4.99 Å². The van der Waals surface area contributed by atoms with Gasteiger partial charge in [0.2, 0.25) is 0 Å². The van der Waals surface area contributed by atoms with E-state index in [1.807, 2.05) is 21.0 Å². The molecule has 120 valence electrons. The SMILES string of the molecule is CN=C(NCCc1sc(C)nc1C)N(C)Cc1csc(C)n1. The molecule has 0 aliphatic carbocycles. The Kier molecular flexibility index (Phi) is 5.90. The standard InChI is InChI=1S/C15H23N5S2/c1-10-14(22-12(3)18-10)6-7-17-15(16-4)20(5)8-13-9-21-11(2)19-13/h9H,6-8H2,1-5H3,(H,16,17). The van der Waals surface area contributed by atoms with Crippen LogP contribution in [0.15, 0.2) is 10.4 Å². The van der Waals surface area contributed by atoms with Crippen LogP contribution in [0.1, 0.15) is 26.3 Å². The number of hydrogen-bond acceptors (Lipinski definition) is 5. The van der Waals surface area contributed by atoms with Gasteiger partial charge in [-0.2, -0.15) is 0 Å². The summed E-state index contributed by atoms with van der Waals surface area (Å²) in [5.41, 5.74) is 2.23. The molecule has 0 aliphatic heterocycles. The minimum atomic E-state index is 0.767. The molecule has 5 nitrogen and oxygen atoms in total. The van der Waals surface area contributed by atoms with Crippen LogP contribution in [0.2, 0.25) is 0 Å². The van der Waals surface area contributed by atoms with E-state index in [9.17, 15) is 0 Å². The number of aromatic nitrogens is 2. The Morgan fingerprint density at radius 2 is 2.05 bits per heavy atom. The van der Waals surface area contributed by atoms with Crippen molar-refractivity contribution in [3.63, 3.8) is 0 Å². The van der Waals surface area contributed by atoms with Crippen molar-refractivity contribution in [3.05, 3.63) is 31.7 Å². The maximum atomic E-state index is 4.50. The number of nitrogens with zero attached hydrogens (tertiary/aromatic N) is 4. The van der Waals surface area contributed by atoms with E-state index < -0.39 is 0 Å². The normalized spacial score (nSPS) is 11.8. The van der Waals surface area contributed by atoms with Crippen LogP contribution in [0.4, 0.5) is 0 Å². The van der Waals surface area contributed by atoms with Gasteiger partial charge in [0.25, 0.3) is 0 Å². The van der Waals surface area contributed by atoms with Crippen LogP contribution >= 0.6 is 22.7 Å². The molecular formula is C15H23N5S2. The van der Waals surface area contributed by atoms with E-state index in [1.54, 1.807) is 22.7 Å². The number of guanidine groups is 1. The molecule has 22 heavy (non-hydrogen) atoms. The summed E-state index contributed by atoms with van der Waals surface area (Å²) in [4.78, 5) is 16.7. The molecule has 0 bridgehead atoms. The lowest BCUT2D eigenvalue weighted by Gasteiger charge is -2.21. The van der Waals surface area contributed by atoms with E-state index in [1.165, 1.54) is 4.88 Å². The quantitative estimate of drug-likeness (QED) is 0.673. The molecular weight excluding hydrogens is 314 g/mol. The highest BCUT2D eigenvalue weighted by molar-refractivity contribution is 7.11. The number of nitrogens with one attached hydrogen (secondary N) is 1. The van der Waals surface area contributed by atoms with Crippen molar-refractivity contribution < 1.29 is 0 Å². The fraction of sp³-hybridized carbons (Fsp3) is 0.533. The van der Waals surface area contributed by atoms with Crippen molar-refractivity contribution in [2.24, 2.45) is 4.99 Å². The van der Waals surface area contributed by atoms with Gasteiger partial charge in [0, 0.05) is 37.3 Å². The average Bonchev–Trinajstić information content (AvgIpc) is 3.00. The minimum Gasteiger partial charge on any atom is -0.356 e. The predicted molar refractivity (Wildman–Crippen MR) is 95.0 cm³/mol. The molecule has 0 saturated heterocycles. The molecule has 0 amide bonds. The molecule has 0 aliphatic rings. The maximum absolute atomic E-state index is 4.50. The number of thiazole rings is 2. The van der Waals surface area contributed by atoms with Crippen LogP contribution in [0, 0.1) is 20.8 Å². The van der Waals surface area contributed by atoms with E-state index in [0.717, 1.165) is 46.9 Å². The number of rotatable bonds is 5. The molecule has 0 spiro atoms. The Morgan fingerprint density at radius 3 is 2.59 bits per heavy atom. The zero-order valence-corrected chi connectivity index (χ0v) is 15.4. The molecule has 0 fully saturated rings. The molecule has 2 rings (SSSR count). The fourth-order valence-electron chi connectivity index (χ4n) is 2.28. The Morgan fingerprint density at radius 1 is 1.27 bits per heavy atom. The van der Waals surface area contributed by atoms with Gasteiger partial charge in [0.1, 0.15) is 0 Å². The largest absolute Gasteiger partial charge is 0.356 e. The first-order chi connectivity index (χ1) is 10.5. The van der Waals surface area contributed by atoms with Crippen LogP contribution in [0.5, 0.6) is 0 Å². The summed E-state index contributed by atoms with van der Waals surface area (Å²) in [5.74, 6) is 0.893. The lowest BCUT2D eigenvalue weighted by molar-refractivity contribution is 0.471. The zero-order valence-electron chi connectivity index (χ0n) is 13.8. The summed E-state index contributed by atoms with van der Waals surface area (Å²) in [6.07, 6.45) is 0.972. The number of aryl methyl sites for hydroxylation is 3. The van der Waals surface area contributed by atoms with Gasteiger partial charge in [0.15, 0.2) is 5.96 Å². The van der Waals surface area contributed by atoms with Crippen molar-refractivity contribution in [3.8, 4) is 0 Å². The highest BCUT2D eigenvalue weighted by atomic mass is 32.1. The van der Waals surface area contributed by atoms with Crippen LogP contribution < -0.4 is 5.32 Å². The third-order valence-electron chi connectivity index (χ3n) is 3.27. The first-order valence-corrected chi connectivity index (χ1v) is 8.95. The van der Waals surface area contributed by atoms with Gasteiger partial charge in [-0.1, -0.05) is 0 Å². The Balaban J connectivity index is 1.85. The van der Waals surface area contributed by atoms with Crippen LogP contribution in [0.3, 0.4) is 0 Å². The van der Waals surface area contributed by atoms with E-state index in [4.69, 9.17) is 0 Å².